The minimum atomic E-state index is -3.29. The van der Waals surface area contributed by atoms with Gasteiger partial charge in [-0.05, 0) is 24.5 Å². The molecular formula is C14H20ClNO3S. The highest BCUT2D eigenvalue weighted by atomic mass is 35.5. The van der Waals surface area contributed by atoms with Crippen LogP contribution in [-0.4, -0.2) is 33.4 Å². The second-order valence-electron chi connectivity index (χ2n) is 5.00. The Bertz CT molecular complexity index is 547. The molecule has 6 heteroatoms. The molecule has 1 aromatic rings. The smallest absolute Gasteiger partial charge is 0.214 e. The summed E-state index contributed by atoms with van der Waals surface area (Å²) >= 11 is 6.16. The van der Waals surface area contributed by atoms with Gasteiger partial charge in [0.25, 0.3) is 0 Å². The van der Waals surface area contributed by atoms with Crippen molar-refractivity contribution < 1.29 is 13.2 Å². The van der Waals surface area contributed by atoms with Crippen molar-refractivity contribution in [2.45, 2.75) is 25.0 Å². The third-order valence-electron chi connectivity index (χ3n) is 3.59. The first-order valence-electron chi connectivity index (χ1n) is 6.84. The average molecular weight is 318 g/mol. The molecule has 0 radical (unpaired) electrons. The molecule has 1 heterocycles. The number of sulfonamides is 1. The Morgan fingerprint density at radius 2 is 2.15 bits per heavy atom. The highest BCUT2D eigenvalue weighted by molar-refractivity contribution is 7.90. The van der Waals surface area contributed by atoms with Gasteiger partial charge in [0.1, 0.15) is 0 Å². The number of rotatable bonds is 5. The van der Waals surface area contributed by atoms with Crippen LogP contribution in [0.4, 0.5) is 0 Å². The maximum atomic E-state index is 12.3. The molecule has 2 rings (SSSR count). The standard InChI is InChI=1S/C14H20ClNO3S/c1-2-16-20(17,18)14-7-8-19-10-12(14)9-11-5-3-4-6-13(11)15/h3-6,12,14,16H,2,7-10H2,1H3/t12-,14+/m0/s1. The summed E-state index contributed by atoms with van der Waals surface area (Å²) < 4.78 is 32.6. The van der Waals surface area contributed by atoms with Crippen molar-refractivity contribution in [3.63, 3.8) is 0 Å². The first-order chi connectivity index (χ1) is 9.54. The normalized spacial score (nSPS) is 23.7. The summed E-state index contributed by atoms with van der Waals surface area (Å²) in [4.78, 5) is 0. The van der Waals surface area contributed by atoms with E-state index in [-0.39, 0.29) is 5.92 Å². The van der Waals surface area contributed by atoms with Gasteiger partial charge in [-0.1, -0.05) is 36.7 Å². The van der Waals surface area contributed by atoms with Crippen LogP contribution in [0, 0.1) is 5.92 Å². The van der Waals surface area contributed by atoms with Crippen LogP contribution in [0.2, 0.25) is 5.02 Å². The van der Waals surface area contributed by atoms with Gasteiger partial charge in [0, 0.05) is 24.1 Å². The number of hydrogen-bond acceptors (Lipinski definition) is 3. The first-order valence-corrected chi connectivity index (χ1v) is 8.76. The van der Waals surface area contributed by atoms with E-state index < -0.39 is 15.3 Å². The van der Waals surface area contributed by atoms with E-state index in [2.05, 4.69) is 4.72 Å². The highest BCUT2D eigenvalue weighted by Gasteiger charge is 2.35. The van der Waals surface area contributed by atoms with Gasteiger partial charge < -0.3 is 4.74 Å². The van der Waals surface area contributed by atoms with E-state index in [1.54, 1.807) is 6.92 Å². The van der Waals surface area contributed by atoms with E-state index in [0.29, 0.717) is 37.6 Å². The van der Waals surface area contributed by atoms with Crippen LogP contribution in [0.1, 0.15) is 18.9 Å². The molecule has 1 fully saturated rings. The van der Waals surface area contributed by atoms with E-state index in [0.717, 1.165) is 5.56 Å². The molecule has 0 spiro atoms. The summed E-state index contributed by atoms with van der Waals surface area (Å²) in [5, 5.41) is 0.269. The van der Waals surface area contributed by atoms with E-state index in [4.69, 9.17) is 16.3 Å². The molecule has 0 aliphatic carbocycles. The fourth-order valence-corrected chi connectivity index (χ4v) is 4.55. The number of hydrogen-bond donors (Lipinski definition) is 1. The molecule has 1 aliphatic rings. The number of nitrogens with one attached hydrogen (secondary N) is 1. The Kier molecular flexibility index (Phi) is 5.43. The molecule has 1 saturated heterocycles. The molecule has 0 amide bonds. The van der Waals surface area contributed by atoms with E-state index in [9.17, 15) is 8.42 Å². The molecule has 1 N–H and O–H groups in total. The Morgan fingerprint density at radius 1 is 1.40 bits per heavy atom. The van der Waals surface area contributed by atoms with Crippen molar-refractivity contribution in [2.24, 2.45) is 5.92 Å². The lowest BCUT2D eigenvalue weighted by Crippen LogP contribution is -2.44. The summed E-state index contributed by atoms with van der Waals surface area (Å²) in [6, 6.07) is 7.55. The third kappa shape index (κ3) is 3.73. The second kappa shape index (κ2) is 6.89. The molecule has 20 heavy (non-hydrogen) atoms. The zero-order chi connectivity index (χ0) is 14.6. The lowest BCUT2D eigenvalue weighted by molar-refractivity contribution is 0.0570. The summed E-state index contributed by atoms with van der Waals surface area (Å²) in [5.74, 6) is -0.0623. The van der Waals surface area contributed by atoms with Crippen molar-refractivity contribution in [1.29, 1.82) is 0 Å². The van der Waals surface area contributed by atoms with Crippen LogP contribution in [0.15, 0.2) is 24.3 Å². The SMILES string of the molecule is CCNS(=O)(=O)[C@@H]1CCOC[C@@H]1Cc1ccccc1Cl. The van der Waals surface area contributed by atoms with Crippen LogP contribution >= 0.6 is 11.6 Å². The average Bonchev–Trinajstić information content (AvgIpc) is 2.42. The number of halogens is 1. The predicted molar refractivity (Wildman–Crippen MR) is 80.5 cm³/mol. The van der Waals surface area contributed by atoms with Crippen LogP contribution in [0.25, 0.3) is 0 Å². The lowest BCUT2D eigenvalue weighted by Gasteiger charge is -2.31. The Morgan fingerprint density at radius 3 is 2.85 bits per heavy atom. The molecule has 1 aromatic carbocycles. The fourth-order valence-electron chi connectivity index (χ4n) is 2.63. The quantitative estimate of drug-likeness (QED) is 0.906. The summed E-state index contributed by atoms with van der Waals surface area (Å²) in [6.45, 7) is 3.16. The number of benzene rings is 1. The molecule has 2 atom stereocenters. The van der Waals surface area contributed by atoms with Crippen molar-refractivity contribution >= 4 is 21.6 Å². The first kappa shape index (κ1) is 15.8. The van der Waals surface area contributed by atoms with Gasteiger partial charge in [0.15, 0.2) is 0 Å². The third-order valence-corrected chi connectivity index (χ3v) is 6.07. The zero-order valence-electron chi connectivity index (χ0n) is 11.5. The summed E-state index contributed by atoms with van der Waals surface area (Å²) in [6.07, 6.45) is 1.15. The minimum absolute atomic E-state index is 0.0623. The van der Waals surface area contributed by atoms with Gasteiger partial charge >= 0.3 is 0 Å². The molecule has 0 aromatic heterocycles. The Balaban J connectivity index is 2.18. The second-order valence-corrected chi connectivity index (χ2v) is 7.39. The van der Waals surface area contributed by atoms with Crippen LogP contribution in [-0.2, 0) is 21.2 Å². The largest absolute Gasteiger partial charge is 0.381 e. The minimum Gasteiger partial charge on any atom is -0.381 e. The maximum absolute atomic E-state index is 12.3. The molecule has 1 aliphatic heterocycles. The van der Waals surface area contributed by atoms with Crippen LogP contribution < -0.4 is 4.72 Å². The molecule has 0 bridgehead atoms. The topological polar surface area (TPSA) is 55.4 Å². The van der Waals surface area contributed by atoms with Crippen molar-refractivity contribution in [1.82, 2.24) is 4.72 Å². The summed E-state index contributed by atoms with van der Waals surface area (Å²) in [5.41, 5.74) is 0.973. The lowest BCUT2D eigenvalue weighted by atomic mass is 9.93. The van der Waals surface area contributed by atoms with Crippen LogP contribution in [0.3, 0.4) is 0 Å². The molecule has 112 valence electrons. The summed E-state index contributed by atoms with van der Waals surface area (Å²) in [7, 11) is -3.29. The van der Waals surface area contributed by atoms with Gasteiger partial charge in [-0.3, -0.25) is 0 Å². The molecule has 4 nitrogen and oxygen atoms in total. The van der Waals surface area contributed by atoms with Gasteiger partial charge in [-0.2, -0.15) is 0 Å². The van der Waals surface area contributed by atoms with E-state index in [1.165, 1.54) is 0 Å². The Labute approximate surface area is 125 Å². The number of ether oxygens (including phenoxy) is 1. The monoisotopic (exact) mass is 317 g/mol. The van der Waals surface area contributed by atoms with Gasteiger partial charge in [-0.25, -0.2) is 13.1 Å². The van der Waals surface area contributed by atoms with Crippen molar-refractivity contribution in [3.8, 4) is 0 Å². The van der Waals surface area contributed by atoms with Gasteiger partial charge in [0.05, 0.1) is 11.9 Å². The van der Waals surface area contributed by atoms with Crippen LogP contribution in [0.5, 0.6) is 0 Å². The predicted octanol–water partition coefficient (Wildman–Crippen LogP) is 2.23. The fraction of sp³-hybridized carbons (Fsp3) is 0.571. The Hall–Kier alpha value is -0.620. The van der Waals surface area contributed by atoms with Crippen molar-refractivity contribution in [2.75, 3.05) is 19.8 Å². The van der Waals surface area contributed by atoms with Crippen molar-refractivity contribution in [3.05, 3.63) is 34.9 Å². The van der Waals surface area contributed by atoms with E-state index >= 15 is 0 Å². The van der Waals surface area contributed by atoms with Gasteiger partial charge in [-0.15, -0.1) is 0 Å². The molecule has 0 unspecified atom stereocenters. The molecule has 0 saturated carbocycles. The maximum Gasteiger partial charge on any atom is 0.214 e. The van der Waals surface area contributed by atoms with E-state index in [1.807, 2.05) is 24.3 Å². The highest BCUT2D eigenvalue weighted by Crippen LogP contribution is 2.27. The zero-order valence-corrected chi connectivity index (χ0v) is 13.1. The van der Waals surface area contributed by atoms with Gasteiger partial charge in [0.2, 0.25) is 10.0 Å². The molecular weight excluding hydrogens is 298 g/mol.